The standard InChI is InChI=1S/C27H30N4O4S/c1-18(2)20-9-6-10-21(15-20)35-23-12-7-13-24(29-23)36(33,34)30-26(32)22-11-8-14-28-25(22)31-17-19(3)16-27(31,4)5/h6-15,19H,1,16-17H2,2-5H3,(H,30,32). The van der Waals surface area contributed by atoms with Gasteiger partial charge in [-0.05, 0) is 69.0 Å². The minimum atomic E-state index is -4.27. The zero-order valence-electron chi connectivity index (χ0n) is 20.9. The predicted molar refractivity (Wildman–Crippen MR) is 140 cm³/mol. The molecular weight excluding hydrogens is 476 g/mol. The number of hydrogen-bond donors (Lipinski definition) is 1. The lowest BCUT2D eigenvalue weighted by atomic mass is 9.97. The first kappa shape index (κ1) is 25.4. The largest absolute Gasteiger partial charge is 0.439 e. The normalized spacial score (nSPS) is 17.0. The van der Waals surface area contributed by atoms with Gasteiger partial charge in [0.05, 0.1) is 5.56 Å². The van der Waals surface area contributed by atoms with Crippen molar-refractivity contribution in [3.05, 3.63) is 78.5 Å². The number of hydrogen-bond acceptors (Lipinski definition) is 7. The highest BCUT2D eigenvalue weighted by Gasteiger charge is 2.39. The number of aromatic nitrogens is 2. The van der Waals surface area contributed by atoms with Gasteiger partial charge in [-0.25, -0.2) is 9.71 Å². The van der Waals surface area contributed by atoms with Gasteiger partial charge < -0.3 is 9.64 Å². The van der Waals surface area contributed by atoms with E-state index in [-0.39, 0.29) is 22.0 Å². The number of sulfonamides is 1. The summed E-state index contributed by atoms with van der Waals surface area (Å²) in [7, 11) is -4.27. The van der Waals surface area contributed by atoms with Crippen molar-refractivity contribution in [2.75, 3.05) is 11.4 Å². The summed E-state index contributed by atoms with van der Waals surface area (Å²) >= 11 is 0. The van der Waals surface area contributed by atoms with E-state index in [4.69, 9.17) is 4.74 Å². The van der Waals surface area contributed by atoms with Crippen LogP contribution in [0, 0.1) is 5.92 Å². The van der Waals surface area contributed by atoms with Gasteiger partial charge in [-0.3, -0.25) is 4.79 Å². The summed E-state index contributed by atoms with van der Waals surface area (Å²) < 4.78 is 34.1. The monoisotopic (exact) mass is 506 g/mol. The van der Waals surface area contributed by atoms with Crippen molar-refractivity contribution in [3.63, 3.8) is 0 Å². The van der Waals surface area contributed by atoms with Gasteiger partial charge in [-0.15, -0.1) is 0 Å². The van der Waals surface area contributed by atoms with Gasteiger partial charge >= 0.3 is 0 Å². The van der Waals surface area contributed by atoms with Crippen LogP contribution >= 0.6 is 0 Å². The summed E-state index contributed by atoms with van der Waals surface area (Å²) in [5.74, 6) is 0.686. The third-order valence-electron chi connectivity index (χ3n) is 6.11. The molecule has 0 bridgehead atoms. The van der Waals surface area contributed by atoms with E-state index in [9.17, 15) is 13.2 Å². The molecule has 188 valence electrons. The van der Waals surface area contributed by atoms with Crippen molar-refractivity contribution in [1.29, 1.82) is 0 Å². The zero-order chi connectivity index (χ0) is 26.1. The molecule has 1 saturated heterocycles. The average Bonchev–Trinajstić information content (AvgIpc) is 3.10. The molecule has 4 rings (SSSR count). The van der Waals surface area contributed by atoms with Gasteiger partial charge in [0.25, 0.3) is 15.9 Å². The van der Waals surface area contributed by atoms with E-state index in [1.807, 2.05) is 19.1 Å². The van der Waals surface area contributed by atoms with Crippen LogP contribution in [0.1, 0.15) is 50.0 Å². The third kappa shape index (κ3) is 5.41. The Bertz CT molecular complexity index is 1420. The molecule has 1 aliphatic rings. The van der Waals surface area contributed by atoms with Crippen molar-refractivity contribution >= 4 is 27.3 Å². The topological polar surface area (TPSA) is 101 Å². The van der Waals surface area contributed by atoms with E-state index in [1.165, 1.54) is 12.1 Å². The Kier molecular flexibility index (Phi) is 6.86. The fraction of sp³-hybridized carbons (Fsp3) is 0.296. The highest BCUT2D eigenvalue weighted by Crippen LogP contribution is 2.37. The molecule has 1 atom stereocenters. The number of ether oxygens (including phenoxy) is 1. The maximum Gasteiger partial charge on any atom is 0.281 e. The Balaban J connectivity index is 1.57. The van der Waals surface area contributed by atoms with E-state index in [0.29, 0.717) is 17.5 Å². The number of benzene rings is 1. The van der Waals surface area contributed by atoms with Crippen molar-refractivity contribution in [2.45, 2.75) is 44.7 Å². The fourth-order valence-corrected chi connectivity index (χ4v) is 5.45. The summed E-state index contributed by atoms with van der Waals surface area (Å²) in [5.41, 5.74) is 1.74. The Morgan fingerprint density at radius 3 is 2.61 bits per heavy atom. The molecule has 1 amide bonds. The highest BCUT2D eigenvalue weighted by molar-refractivity contribution is 7.90. The quantitative estimate of drug-likeness (QED) is 0.479. The van der Waals surface area contributed by atoms with Crippen LogP contribution in [0.25, 0.3) is 5.57 Å². The van der Waals surface area contributed by atoms with E-state index in [1.54, 1.807) is 36.5 Å². The van der Waals surface area contributed by atoms with Crippen LogP contribution in [-0.2, 0) is 10.0 Å². The van der Waals surface area contributed by atoms with Crippen LogP contribution < -0.4 is 14.4 Å². The minimum absolute atomic E-state index is 0.0825. The molecule has 1 aliphatic heterocycles. The Hall–Kier alpha value is -3.72. The molecule has 1 fully saturated rings. The van der Waals surface area contributed by atoms with E-state index >= 15 is 0 Å². The third-order valence-corrected chi connectivity index (χ3v) is 7.34. The second-order valence-electron chi connectivity index (χ2n) is 9.77. The average molecular weight is 507 g/mol. The van der Waals surface area contributed by atoms with Crippen molar-refractivity contribution in [1.82, 2.24) is 14.7 Å². The van der Waals surface area contributed by atoms with Gasteiger partial charge in [0.2, 0.25) is 5.88 Å². The molecule has 1 N–H and O–H groups in total. The van der Waals surface area contributed by atoms with Crippen molar-refractivity contribution in [3.8, 4) is 11.6 Å². The number of carbonyl (C=O) groups is 1. The number of pyridine rings is 2. The van der Waals surface area contributed by atoms with E-state index < -0.39 is 15.9 Å². The maximum atomic E-state index is 13.2. The van der Waals surface area contributed by atoms with Crippen LogP contribution in [-0.4, -0.2) is 36.4 Å². The van der Waals surface area contributed by atoms with Gasteiger partial charge in [0.1, 0.15) is 11.6 Å². The Labute approximate surface area is 212 Å². The van der Waals surface area contributed by atoms with Crippen LogP contribution in [0.4, 0.5) is 5.82 Å². The van der Waals surface area contributed by atoms with Crippen LogP contribution in [0.5, 0.6) is 11.6 Å². The molecule has 0 aliphatic carbocycles. The molecule has 9 heteroatoms. The molecule has 0 radical (unpaired) electrons. The number of allylic oxidation sites excluding steroid dienone is 1. The lowest BCUT2D eigenvalue weighted by molar-refractivity contribution is 0.0981. The second-order valence-corrected chi connectivity index (χ2v) is 11.4. The predicted octanol–water partition coefficient (Wildman–Crippen LogP) is 5.05. The molecule has 3 heterocycles. The number of nitrogens with one attached hydrogen (secondary N) is 1. The molecule has 1 aromatic carbocycles. The first-order valence-electron chi connectivity index (χ1n) is 11.7. The second kappa shape index (κ2) is 9.73. The lowest BCUT2D eigenvalue weighted by Crippen LogP contribution is -2.41. The van der Waals surface area contributed by atoms with Crippen molar-refractivity contribution < 1.29 is 17.9 Å². The smallest absolute Gasteiger partial charge is 0.281 e. The fourth-order valence-electron chi connectivity index (χ4n) is 4.53. The number of amides is 1. The summed E-state index contributed by atoms with van der Waals surface area (Å²) in [6.45, 7) is 12.8. The van der Waals surface area contributed by atoms with Gasteiger partial charge in [0, 0.05) is 24.3 Å². The zero-order valence-corrected chi connectivity index (χ0v) is 21.7. The van der Waals surface area contributed by atoms with E-state index in [2.05, 4.69) is 46.9 Å². The molecule has 3 aromatic rings. The summed E-state index contributed by atoms with van der Waals surface area (Å²) in [6, 6.07) is 14.8. The molecule has 2 aromatic heterocycles. The summed E-state index contributed by atoms with van der Waals surface area (Å²) in [6.07, 6.45) is 2.54. The van der Waals surface area contributed by atoms with Gasteiger partial charge in [-0.2, -0.15) is 13.4 Å². The maximum absolute atomic E-state index is 13.2. The first-order chi connectivity index (χ1) is 17.0. The van der Waals surface area contributed by atoms with Crippen LogP contribution in [0.15, 0.2) is 72.4 Å². The van der Waals surface area contributed by atoms with Crippen molar-refractivity contribution in [2.24, 2.45) is 5.92 Å². The number of carbonyl (C=O) groups excluding carboxylic acids is 1. The molecule has 0 spiro atoms. The lowest BCUT2D eigenvalue weighted by Gasteiger charge is -2.33. The number of nitrogens with zero attached hydrogens (tertiary/aromatic N) is 3. The first-order valence-corrected chi connectivity index (χ1v) is 13.2. The number of rotatable bonds is 7. The molecule has 36 heavy (non-hydrogen) atoms. The van der Waals surface area contributed by atoms with Gasteiger partial charge in [0.15, 0.2) is 5.03 Å². The number of anilines is 1. The Morgan fingerprint density at radius 2 is 1.92 bits per heavy atom. The Morgan fingerprint density at radius 1 is 1.17 bits per heavy atom. The van der Waals surface area contributed by atoms with Crippen LogP contribution in [0.2, 0.25) is 0 Å². The molecule has 0 saturated carbocycles. The van der Waals surface area contributed by atoms with Crippen LogP contribution in [0.3, 0.4) is 0 Å². The summed E-state index contributed by atoms with van der Waals surface area (Å²) in [5, 5.41) is -0.329. The molecule has 8 nitrogen and oxygen atoms in total. The molecular formula is C27H30N4O4S. The minimum Gasteiger partial charge on any atom is -0.439 e. The van der Waals surface area contributed by atoms with E-state index in [0.717, 1.165) is 24.1 Å². The highest BCUT2D eigenvalue weighted by atomic mass is 32.2. The molecule has 1 unspecified atom stereocenters. The summed E-state index contributed by atoms with van der Waals surface area (Å²) in [4.78, 5) is 23.8. The van der Waals surface area contributed by atoms with Gasteiger partial charge in [-0.1, -0.05) is 37.3 Å². The SMILES string of the molecule is C=C(C)c1cccc(Oc2cccc(S(=O)(=O)NC(=O)c3cccnc3N3CC(C)CC3(C)C)n2)c1.